The van der Waals surface area contributed by atoms with Gasteiger partial charge < -0.3 is 9.64 Å². The molecule has 0 spiro atoms. The number of piperidine rings is 1. The Morgan fingerprint density at radius 1 is 1.35 bits per heavy atom. The topological polar surface area (TPSA) is 75.7 Å². The summed E-state index contributed by atoms with van der Waals surface area (Å²) in [5.74, 6) is 0.707. The lowest BCUT2D eigenvalue weighted by atomic mass is 10.0. The molecule has 1 aliphatic rings. The minimum Gasteiger partial charge on any atom is -0.496 e. The van der Waals surface area contributed by atoms with Gasteiger partial charge in [0.05, 0.1) is 19.8 Å². The highest BCUT2D eigenvalue weighted by molar-refractivity contribution is 7.88. The molecule has 0 unspecified atom stereocenters. The monoisotopic (exact) mass is 340 g/mol. The van der Waals surface area contributed by atoms with Crippen molar-refractivity contribution in [3.05, 3.63) is 29.8 Å². The maximum atomic E-state index is 12.7. The fraction of sp³-hybridized carbons (Fsp3) is 0.562. The van der Waals surface area contributed by atoms with E-state index in [1.165, 1.54) is 0 Å². The van der Waals surface area contributed by atoms with Crippen LogP contribution in [0.1, 0.15) is 24.8 Å². The van der Waals surface area contributed by atoms with Crippen molar-refractivity contribution in [2.24, 2.45) is 0 Å². The number of carbonyl (C=O) groups is 1. The molecule has 1 heterocycles. The van der Waals surface area contributed by atoms with E-state index >= 15 is 0 Å². The molecule has 0 saturated carbocycles. The fourth-order valence-electron chi connectivity index (χ4n) is 2.90. The standard InChI is InChI=1S/C16H24N2O4S/c1-22-15-9-4-3-7-13(15)11-16(19)18-10-6-5-8-14(18)12-17-23(2,20)21/h3-4,7,9,14,17H,5-6,8,10-12H2,1-2H3/t14-/m0/s1. The molecular weight excluding hydrogens is 316 g/mol. The number of methoxy groups -OCH3 is 1. The van der Waals surface area contributed by atoms with Gasteiger partial charge in [-0.25, -0.2) is 13.1 Å². The van der Waals surface area contributed by atoms with Crippen LogP contribution in [0.3, 0.4) is 0 Å². The zero-order valence-electron chi connectivity index (χ0n) is 13.6. The van der Waals surface area contributed by atoms with Crippen molar-refractivity contribution in [2.45, 2.75) is 31.7 Å². The van der Waals surface area contributed by atoms with Gasteiger partial charge in [0, 0.05) is 24.7 Å². The zero-order chi connectivity index (χ0) is 16.9. The van der Waals surface area contributed by atoms with Crippen LogP contribution in [0.15, 0.2) is 24.3 Å². The van der Waals surface area contributed by atoms with Crippen molar-refractivity contribution < 1.29 is 17.9 Å². The highest BCUT2D eigenvalue weighted by Crippen LogP contribution is 2.22. The Balaban J connectivity index is 2.05. The van der Waals surface area contributed by atoms with Crippen LogP contribution < -0.4 is 9.46 Å². The molecular formula is C16H24N2O4S. The molecule has 6 nitrogen and oxygen atoms in total. The normalized spacial score (nSPS) is 18.7. The van der Waals surface area contributed by atoms with E-state index in [9.17, 15) is 13.2 Å². The first-order chi connectivity index (χ1) is 10.9. The lowest BCUT2D eigenvalue weighted by molar-refractivity contribution is -0.134. The van der Waals surface area contributed by atoms with Gasteiger partial charge in [-0.1, -0.05) is 18.2 Å². The lowest BCUT2D eigenvalue weighted by Gasteiger charge is -2.36. The van der Waals surface area contributed by atoms with E-state index in [0.717, 1.165) is 31.1 Å². The van der Waals surface area contributed by atoms with Crippen molar-refractivity contribution in [1.82, 2.24) is 9.62 Å². The van der Waals surface area contributed by atoms with E-state index in [4.69, 9.17) is 4.74 Å². The number of hydrogen-bond donors (Lipinski definition) is 1. The summed E-state index contributed by atoms with van der Waals surface area (Å²) in [6, 6.07) is 7.38. The fourth-order valence-corrected chi connectivity index (χ4v) is 3.40. The number of carbonyl (C=O) groups excluding carboxylic acids is 1. The van der Waals surface area contributed by atoms with Crippen LogP contribution in [-0.4, -0.2) is 51.7 Å². The number of benzene rings is 1. The number of para-hydroxylation sites is 1. The molecule has 23 heavy (non-hydrogen) atoms. The average molecular weight is 340 g/mol. The van der Waals surface area contributed by atoms with Crippen LogP contribution in [0, 0.1) is 0 Å². The first-order valence-electron chi connectivity index (χ1n) is 7.76. The van der Waals surface area contributed by atoms with E-state index in [-0.39, 0.29) is 24.9 Å². The molecule has 1 amide bonds. The van der Waals surface area contributed by atoms with Gasteiger partial charge in [0.15, 0.2) is 0 Å². The summed E-state index contributed by atoms with van der Waals surface area (Å²) < 4.78 is 30.4. The van der Waals surface area contributed by atoms with Crippen molar-refractivity contribution in [3.63, 3.8) is 0 Å². The van der Waals surface area contributed by atoms with Crippen LogP contribution >= 0.6 is 0 Å². The Bertz CT molecular complexity index is 645. The van der Waals surface area contributed by atoms with Gasteiger partial charge >= 0.3 is 0 Å². The molecule has 1 atom stereocenters. The summed E-state index contributed by atoms with van der Waals surface area (Å²) in [6.07, 6.45) is 4.18. The molecule has 1 fully saturated rings. The van der Waals surface area contributed by atoms with Crippen molar-refractivity contribution in [3.8, 4) is 5.75 Å². The van der Waals surface area contributed by atoms with Gasteiger partial charge in [-0.2, -0.15) is 0 Å². The van der Waals surface area contributed by atoms with Crippen molar-refractivity contribution >= 4 is 15.9 Å². The zero-order valence-corrected chi connectivity index (χ0v) is 14.4. The van der Waals surface area contributed by atoms with Gasteiger partial charge in [0.2, 0.25) is 15.9 Å². The van der Waals surface area contributed by atoms with E-state index in [0.29, 0.717) is 12.3 Å². The first kappa shape index (κ1) is 17.7. The van der Waals surface area contributed by atoms with E-state index in [2.05, 4.69) is 4.72 Å². The van der Waals surface area contributed by atoms with Crippen LogP contribution in [0.4, 0.5) is 0 Å². The second kappa shape index (κ2) is 7.79. The third-order valence-electron chi connectivity index (χ3n) is 4.06. The summed E-state index contributed by atoms with van der Waals surface area (Å²) in [4.78, 5) is 14.5. The molecule has 0 bridgehead atoms. The Morgan fingerprint density at radius 3 is 2.78 bits per heavy atom. The van der Waals surface area contributed by atoms with Crippen LogP contribution in [0.2, 0.25) is 0 Å². The Morgan fingerprint density at radius 2 is 2.09 bits per heavy atom. The molecule has 0 radical (unpaired) electrons. The van der Waals surface area contributed by atoms with E-state index in [1.807, 2.05) is 24.3 Å². The number of hydrogen-bond acceptors (Lipinski definition) is 4. The quantitative estimate of drug-likeness (QED) is 0.843. The number of rotatable bonds is 6. The Kier molecular flexibility index (Phi) is 6.01. The summed E-state index contributed by atoms with van der Waals surface area (Å²) in [5, 5.41) is 0. The summed E-state index contributed by atoms with van der Waals surface area (Å²) >= 11 is 0. The lowest BCUT2D eigenvalue weighted by Crippen LogP contribution is -2.49. The number of nitrogens with zero attached hydrogens (tertiary/aromatic N) is 1. The number of sulfonamides is 1. The largest absolute Gasteiger partial charge is 0.496 e. The Labute approximate surface area is 137 Å². The molecule has 0 aliphatic carbocycles. The van der Waals surface area contributed by atoms with Crippen LogP contribution in [-0.2, 0) is 21.2 Å². The smallest absolute Gasteiger partial charge is 0.227 e. The minimum absolute atomic E-state index is 0.00880. The molecule has 1 aromatic rings. The minimum atomic E-state index is -3.25. The molecule has 1 saturated heterocycles. The second-order valence-electron chi connectivity index (χ2n) is 5.85. The maximum Gasteiger partial charge on any atom is 0.227 e. The molecule has 7 heteroatoms. The van der Waals surface area contributed by atoms with Crippen molar-refractivity contribution in [1.29, 1.82) is 0 Å². The molecule has 1 aliphatic heterocycles. The molecule has 1 N–H and O–H groups in total. The molecule has 2 rings (SSSR count). The summed E-state index contributed by atoms with van der Waals surface area (Å²) in [6.45, 7) is 0.945. The predicted molar refractivity (Wildman–Crippen MR) is 88.9 cm³/mol. The van der Waals surface area contributed by atoms with Gasteiger partial charge in [-0.3, -0.25) is 4.79 Å². The van der Waals surface area contributed by atoms with Crippen LogP contribution in [0.25, 0.3) is 0 Å². The SMILES string of the molecule is COc1ccccc1CC(=O)N1CCCC[C@H]1CNS(C)(=O)=O. The van der Waals surface area contributed by atoms with Gasteiger partial charge in [-0.15, -0.1) is 0 Å². The third kappa shape index (κ3) is 5.21. The third-order valence-corrected chi connectivity index (χ3v) is 4.75. The second-order valence-corrected chi connectivity index (χ2v) is 7.68. The number of likely N-dealkylation sites (tertiary alicyclic amines) is 1. The molecule has 128 valence electrons. The predicted octanol–water partition coefficient (Wildman–Crippen LogP) is 1.17. The summed E-state index contributed by atoms with van der Waals surface area (Å²) in [7, 11) is -1.66. The highest BCUT2D eigenvalue weighted by atomic mass is 32.2. The number of nitrogens with one attached hydrogen (secondary N) is 1. The number of amides is 1. The first-order valence-corrected chi connectivity index (χ1v) is 9.66. The van der Waals surface area contributed by atoms with E-state index in [1.54, 1.807) is 12.0 Å². The number of ether oxygens (including phenoxy) is 1. The highest BCUT2D eigenvalue weighted by Gasteiger charge is 2.27. The van der Waals surface area contributed by atoms with E-state index < -0.39 is 10.0 Å². The van der Waals surface area contributed by atoms with Crippen LogP contribution in [0.5, 0.6) is 5.75 Å². The summed E-state index contributed by atoms with van der Waals surface area (Å²) in [5.41, 5.74) is 0.848. The average Bonchev–Trinajstić information content (AvgIpc) is 2.53. The molecule has 1 aromatic carbocycles. The van der Waals surface area contributed by atoms with Gasteiger partial charge in [-0.05, 0) is 25.3 Å². The molecule has 0 aromatic heterocycles. The van der Waals surface area contributed by atoms with Gasteiger partial charge in [0.1, 0.15) is 5.75 Å². The van der Waals surface area contributed by atoms with Gasteiger partial charge in [0.25, 0.3) is 0 Å². The Hall–Kier alpha value is -1.60. The maximum absolute atomic E-state index is 12.7. The van der Waals surface area contributed by atoms with Crippen molar-refractivity contribution in [2.75, 3.05) is 26.5 Å².